The van der Waals surface area contributed by atoms with Gasteiger partial charge in [0.05, 0.1) is 37.7 Å². The number of morpholine rings is 1. The van der Waals surface area contributed by atoms with Gasteiger partial charge in [-0.3, -0.25) is 0 Å². The molecular formula is C15H25N5O2. The van der Waals surface area contributed by atoms with Crippen LogP contribution in [0.5, 0.6) is 0 Å². The number of imidazole rings is 1. The molecule has 2 aliphatic rings. The zero-order valence-corrected chi connectivity index (χ0v) is 13.6. The maximum atomic E-state index is 12.5. The summed E-state index contributed by atoms with van der Waals surface area (Å²) in [5, 5.41) is 3.03. The molecule has 1 aromatic heterocycles. The molecular weight excluding hydrogens is 282 g/mol. The minimum atomic E-state index is 0.00723. The minimum Gasteiger partial charge on any atom is -0.377 e. The van der Waals surface area contributed by atoms with Gasteiger partial charge in [0.1, 0.15) is 0 Å². The third-order valence-corrected chi connectivity index (χ3v) is 4.47. The van der Waals surface area contributed by atoms with E-state index in [4.69, 9.17) is 4.74 Å². The zero-order valence-electron chi connectivity index (χ0n) is 13.6. The predicted molar refractivity (Wildman–Crippen MR) is 83.8 cm³/mol. The van der Waals surface area contributed by atoms with E-state index in [9.17, 15) is 4.79 Å². The molecule has 0 bridgehead atoms. The number of aromatic nitrogens is 2. The summed E-state index contributed by atoms with van der Waals surface area (Å²) in [5.41, 5.74) is 0.994. The number of urea groups is 1. The minimum absolute atomic E-state index is 0.00723. The van der Waals surface area contributed by atoms with Gasteiger partial charge in [-0.25, -0.2) is 9.78 Å². The lowest BCUT2D eigenvalue weighted by Crippen LogP contribution is -2.53. The largest absolute Gasteiger partial charge is 0.377 e. The zero-order chi connectivity index (χ0) is 15.7. The van der Waals surface area contributed by atoms with Gasteiger partial charge in [-0.05, 0) is 18.8 Å². The van der Waals surface area contributed by atoms with E-state index < -0.39 is 0 Å². The Labute approximate surface area is 131 Å². The Balaban J connectivity index is 1.59. The Morgan fingerprint density at radius 2 is 2.27 bits per heavy atom. The highest BCUT2D eigenvalue weighted by atomic mass is 16.5. The second kappa shape index (κ2) is 6.16. The van der Waals surface area contributed by atoms with Crippen molar-refractivity contribution in [2.45, 2.75) is 25.4 Å². The van der Waals surface area contributed by atoms with Crippen LogP contribution in [0.2, 0.25) is 0 Å². The lowest BCUT2D eigenvalue weighted by molar-refractivity contribution is 0.00461. The first kappa shape index (κ1) is 15.1. The van der Waals surface area contributed by atoms with Gasteiger partial charge in [-0.2, -0.15) is 0 Å². The van der Waals surface area contributed by atoms with E-state index in [1.165, 1.54) is 12.8 Å². The van der Waals surface area contributed by atoms with Crippen LogP contribution in [-0.4, -0.2) is 60.4 Å². The molecule has 1 atom stereocenters. The van der Waals surface area contributed by atoms with Crippen LogP contribution >= 0.6 is 0 Å². The van der Waals surface area contributed by atoms with Crippen LogP contribution in [0.3, 0.4) is 0 Å². The molecule has 0 aromatic carbocycles. The number of ether oxygens (including phenoxy) is 1. The summed E-state index contributed by atoms with van der Waals surface area (Å²) in [6, 6.07) is 0.255. The van der Waals surface area contributed by atoms with E-state index in [1.54, 1.807) is 0 Å². The Kier molecular flexibility index (Phi) is 4.24. The molecule has 0 spiro atoms. The monoisotopic (exact) mass is 307 g/mol. The highest BCUT2D eigenvalue weighted by Gasteiger charge is 2.39. The lowest BCUT2D eigenvalue weighted by atomic mass is 10.1. The van der Waals surface area contributed by atoms with Crippen molar-refractivity contribution in [3.8, 4) is 0 Å². The van der Waals surface area contributed by atoms with Crippen molar-refractivity contribution in [1.82, 2.24) is 19.8 Å². The van der Waals surface area contributed by atoms with E-state index in [1.807, 2.05) is 41.7 Å². The van der Waals surface area contributed by atoms with Gasteiger partial charge in [-0.1, -0.05) is 0 Å². The third kappa shape index (κ3) is 3.04. The van der Waals surface area contributed by atoms with Crippen molar-refractivity contribution >= 4 is 12.0 Å². The van der Waals surface area contributed by atoms with E-state index in [-0.39, 0.29) is 12.1 Å². The van der Waals surface area contributed by atoms with Crippen LogP contribution < -0.4 is 10.2 Å². The smallest absolute Gasteiger partial charge is 0.318 e. The van der Waals surface area contributed by atoms with Crippen molar-refractivity contribution in [2.75, 3.05) is 38.8 Å². The molecule has 2 fully saturated rings. The first-order chi connectivity index (χ1) is 10.6. The summed E-state index contributed by atoms with van der Waals surface area (Å²) in [5.74, 6) is 1.51. The number of hydrogen-bond donors (Lipinski definition) is 1. The normalized spacial score (nSPS) is 21.8. The Morgan fingerprint density at radius 1 is 1.50 bits per heavy atom. The molecule has 3 rings (SSSR count). The number of amides is 2. The molecule has 0 radical (unpaired) electrons. The quantitative estimate of drug-likeness (QED) is 0.894. The van der Waals surface area contributed by atoms with Gasteiger partial charge >= 0.3 is 6.03 Å². The Morgan fingerprint density at radius 3 is 2.91 bits per heavy atom. The molecule has 1 aliphatic heterocycles. The fraction of sp³-hybridized carbons (Fsp3) is 0.733. The standard InChI is InChI=1S/C15H25N5O2/c1-18(2)14-16-8-12(19(14)3)9-17-15(21)20-6-7-22-10-13(20)11-4-5-11/h8,11,13H,4-7,9-10H2,1-3H3,(H,17,21)/t13-/m0/s1. The van der Waals surface area contributed by atoms with Gasteiger partial charge < -0.3 is 24.4 Å². The van der Waals surface area contributed by atoms with Crippen molar-refractivity contribution < 1.29 is 9.53 Å². The maximum absolute atomic E-state index is 12.5. The fourth-order valence-electron chi connectivity index (χ4n) is 3.03. The second-order valence-electron chi connectivity index (χ2n) is 6.33. The van der Waals surface area contributed by atoms with Crippen molar-refractivity contribution in [1.29, 1.82) is 0 Å². The number of carbonyl (C=O) groups is 1. The summed E-state index contributed by atoms with van der Waals surface area (Å²) in [6.45, 7) is 2.48. The molecule has 1 saturated carbocycles. The highest BCUT2D eigenvalue weighted by Crippen LogP contribution is 2.36. The average Bonchev–Trinajstić information content (AvgIpc) is 3.28. The number of nitrogens with zero attached hydrogens (tertiary/aromatic N) is 4. The Hall–Kier alpha value is -1.76. The van der Waals surface area contributed by atoms with Gasteiger partial charge in [-0.15, -0.1) is 0 Å². The molecule has 2 amide bonds. The summed E-state index contributed by atoms with van der Waals surface area (Å²) >= 11 is 0. The number of nitrogens with one attached hydrogen (secondary N) is 1. The van der Waals surface area contributed by atoms with E-state index in [0.717, 1.165) is 11.6 Å². The SMILES string of the molecule is CN(C)c1ncc(CNC(=O)N2CCOC[C@H]2C2CC2)n1C. The molecule has 1 aromatic rings. The average molecular weight is 307 g/mol. The molecule has 1 aliphatic carbocycles. The van der Waals surface area contributed by atoms with Crippen LogP contribution in [-0.2, 0) is 18.3 Å². The van der Waals surface area contributed by atoms with E-state index >= 15 is 0 Å². The highest BCUT2D eigenvalue weighted by molar-refractivity contribution is 5.74. The summed E-state index contributed by atoms with van der Waals surface area (Å²) in [6.07, 6.45) is 4.24. The first-order valence-electron chi connectivity index (χ1n) is 7.88. The molecule has 0 unspecified atom stereocenters. The number of carbonyl (C=O) groups excluding carboxylic acids is 1. The molecule has 122 valence electrons. The molecule has 1 saturated heterocycles. The number of anilines is 1. The van der Waals surface area contributed by atoms with Gasteiger partial charge in [0.2, 0.25) is 5.95 Å². The van der Waals surface area contributed by atoms with Crippen LogP contribution in [0.25, 0.3) is 0 Å². The summed E-state index contributed by atoms with van der Waals surface area (Å²) in [7, 11) is 5.88. The maximum Gasteiger partial charge on any atom is 0.318 e. The van der Waals surface area contributed by atoms with Crippen LogP contribution in [0.15, 0.2) is 6.20 Å². The topological polar surface area (TPSA) is 62.6 Å². The molecule has 7 heteroatoms. The van der Waals surface area contributed by atoms with Crippen molar-refractivity contribution in [2.24, 2.45) is 13.0 Å². The van der Waals surface area contributed by atoms with Crippen molar-refractivity contribution in [3.63, 3.8) is 0 Å². The van der Waals surface area contributed by atoms with Gasteiger partial charge in [0.25, 0.3) is 0 Å². The van der Waals surface area contributed by atoms with Gasteiger partial charge in [0.15, 0.2) is 0 Å². The first-order valence-corrected chi connectivity index (χ1v) is 7.88. The molecule has 22 heavy (non-hydrogen) atoms. The second-order valence-corrected chi connectivity index (χ2v) is 6.33. The summed E-state index contributed by atoms with van der Waals surface area (Å²) in [4.78, 5) is 20.8. The number of hydrogen-bond acceptors (Lipinski definition) is 4. The van der Waals surface area contributed by atoms with Crippen LogP contribution in [0.1, 0.15) is 18.5 Å². The number of rotatable bonds is 4. The third-order valence-electron chi connectivity index (χ3n) is 4.47. The van der Waals surface area contributed by atoms with Crippen molar-refractivity contribution in [3.05, 3.63) is 11.9 Å². The van der Waals surface area contributed by atoms with E-state index in [0.29, 0.717) is 32.2 Å². The lowest BCUT2D eigenvalue weighted by Gasteiger charge is -2.35. The summed E-state index contributed by atoms with van der Waals surface area (Å²) < 4.78 is 7.53. The van der Waals surface area contributed by atoms with Crippen LogP contribution in [0, 0.1) is 5.92 Å². The molecule has 7 nitrogen and oxygen atoms in total. The van der Waals surface area contributed by atoms with Crippen LogP contribution in [0.4, 0.5) is 10.7 Å². The van der Waals surface area contributed by atoms with E-state index in [2.05, 4.69) is 10.3 Å². The molecule has 2 heterocycles. The Bertz CT molecular complexity index is 538. The van der Waals surface area contributed by atoms with Gasteiger partial charge in [0, 0.05) is 27.7 Å². The molecule has 1 N–H and O–H groups in total. The predicted octanol–water partition coefficient (Wildman–Crippen LogP) is 0.806. The fourth-order valence-corrected chi connectivity index (χ4v) is 3.03.